The van der Waals surface area contributed by atoms with E-state index in [1.165, 1.54) is 6.07 Å². The number of para-hydroxylation sites is 1. The molecule has 0 bridgehead atoms. The molecule has 0 atom stereocenters. The maximum atomic E-state index is 9.18. The van der Waals surface area contributed by atoms with Gasteiger partial charge in [0.2, 0.25) is 0 Å². The van der Waals surface area contributed by atoms with Crippen molar-refractivity contribution in [3.05, 3.63) is 23.8 Å². The van der Waals surface area contributed by atoms with E-state index in [0.717, 1.165) is 0 Å². The highest BCUT2D eigenvalue weighted by atomic mass is 16.3. The summed E-state index contributed by atoms with van der Waals surface area (Å²) in [5.41, 5.74) is 0.451. The SMILES string of the molecule is CC#Cc1cccc(O)c1O. The van der Waals surface area contributed by atoms with Crippen LogP contribution < -0.4 is 0 Å². The number of phenols is 2. The van der Waals surface area contributed by atoms with Crippen LogP contribution in [0.4, 0.5) is 0 Å². The highest BCUT2D eigenvalue weighted by molar-refractivity contribution is 5.52. The quantitative estimate of drug-likeness (QED) is 0.432. The van der Waals surface area contributed by atoms with Crippen LogP contribution in [0, 0.1) is 11.8 Å². The minimum absolute atomic E-state index is 0.134. The zero-order valence-corrected chi connectivity index (χ0v) is 6.13. The summed E-state index contributed by atoms with van der Waals surface area (Å²) in [5.74, 6) is 5.00. The van der Waals surface area contributed by atoms with E-state index in [1.807, 2.05) is 0 Å². The van der Waals surface area contributed by atoms with Gasteiger partial charge >= 0.3 is 0 Å². The van der Waals surface area contributed by atoms with Gasteiger partial charge in [-0.15, -0.1) is 5.92 Å². The van der Waals surface area contributed by atoms with Crippen molar-refractivity contribution in [2.75, 3.05) is 0 Å². The molecule has 0 aliphatic rings. The molecule has 0 saturated heterocycles. The zero-order chi connectivity index (χ0) is 8.27. The lowest BCUT2D eigenvalue weighted by molar-refractivity contribution is 0.403. The standard InChI is InChI=1S/C9H8O2/c1-2-4-7-5-3-6-8(10)9(7)11/h3,5-6,10-11H,1H3. The predicted molar refractivity (Wildman–Crippen MR) is 42.3 cm³/mol. The van der Waals surface area contributed by atoms with E-state index in [1.54, 1.807) is 19.1 Å². The molecule has 0 fully saturated rings. The number of hydrogen-bond acceptors (Lipinski definition) is 2. The third-order valence-electron chi connectivity index (χ3n) is 1.27. The first-order chi connectivity index (χ1) is 5.25. The van der Waals surface area contributed by atoms with Crippen LogP contribution in [0.15, 0.2) is 18.2 Å². The highest BCUT2D eigenvalue weighted by Crippen LogP contribution is 2.26. The average Bonchev–Trinajstić information content (AvgIpc) is 1.99. The fourth-order valence-corrected chi connectivity index (χ4v) is 0.767. The van der Waals surface area contributed by atoms with Crippen molar-refractivity contribution in [2.45, 2.75) is 6.92 Å². The molecule has 2 heteroatoms. The van der Waals surface area contributed by atoms with Crippen LogP contribution in [0.3, 0.4) is 0 Å². The first kappa shape index (κ1) is 7.49. The van der Waals surface area contributed by atoms with Gasteiger partial charge < -0.3 is 10.2 Å². The van der Waals surface area contributed by atoms with Gasteiger partial charge in [0.1, 0.15) is 0 Å². The van der Waals surface area contributed by atoms with Crippen molar-refractivity contribution in [1.29, 1.82) is 0 Å². The van der Waals surface area contributed by atoms with Crippen LogP contribution in [0.2, 0.25) is 0 Å². The van der Waals surface area contributed by atoms with E-state index in [-0.39, 0.29) is 11.5 Å². The zero-order valence-electron chi connectivity index (χ0n) is 6.13. The summed E-state index contributed by atoms with van der Waals surface area (Å²) in [7, 11) is 0. The van der Waals surface area contributed by atoms with E-state index in [2.05, 4.69) is 11.8 Å². The molecule has 0 aromatic heterocycles. The molecule has 0 aliphatic carbocycles. The Morgan fingerprint density at radius 3 is 2.64 bits per heavy atom. The molecule has 0 unspecified atom stereocenters. The summed E-state index contributed by atoms with van der Waals surface area (Å²) in [6.07, 6.45) is 0. The van der Waals surface area contributed by atoms with Gasteiger partial charge in [0.15, 0.2) is 11.5 Å². The number of hydrogen-bond donors (Lipinski definition) is 2. The van der Waals surface area contributed by atoms with Crippen molar-refractivity contribution in [3.63, 3.8) is 0 Å². The summed E-state index contributed by atoms with van der Waals surface area (Å²) in [4.78, 5) is 0. The molecular weight excluding hydrogens is 140 g/mol. The number of phenolic OH excluding ortho intramolecular Hbond substituents is 2. The van der Waals surface area contributed by atoms with Crippen LogP contribution in [0.5, 0.6) is 11.5 Å². The van der Waals surface area contributed by atoms with Gasteiger partial charge in [-0.3, -0.25) is 0 Å². The molecule has 0 amide bonds. The van der Waals surface area contributed by atoms with Crippen molar-refractivity contribution < 1.29 is 10.2 Å². The fourth-order valence-electron chi connectivity index (χ4n) is 0.767. The minimum atomic E-state index is -0.151. The van der Waals surface area contributed by atoms with Crippen molar-refractivity contribution in [3.8, 4) is 23.3 Å². The molecule has 0 heterocycles. The molecular formula is C9H8O2. The fraction of sp³-hybridized carbons (Fsp3) is 0.111. The normalized spacial score (nSPS) is 8.45. The van der Waals surface area contributed by atoms with E-state index < -0.39 is 0 Å². The summed E-state index contributed by atoms with van der Waals surface area (Å²) >= 11 is 0. The van der Waals surface area contributed by atoms with Gasteiger partial charge in [0.25, 0.3) is 0 Å². The molecule has 0 saturated carbocycles. The maximum absolute atomic E-state index is 9.18. The number of rotatable bonds is 0. The van der Waals surface area contributed by atoms with Crippen LogP contribution >= 0.6 is 0 Å². The molecule has 0 radical (unpaired) electrons. The number of benzene rings is 1. The van der Waals surface area contributed by atoms with Gasteiger partial charge in [-0.25, -0.2) is 0 Å². The lowest BCUT2D eigenvalue weighted by Gasteiger charge is -1.97. The maximum Gasteiger partial charge on any atom is 0.173 e. The highest BCUT2D eigenvalue weighted by Gasteiger charge is 2.01. The lowest BCUT2D eigenvalue weighted by Crippen LogP contribution is -1.75. The second kappa shape index (κ2) is 2.98. The first-order valence-corrected chi connectivity index (χ1v) is 3.19. The van der Waals surface area contributed by atoms with Crippen molar-refractivity contribution >= 4 is 0 Å². The van der Waals surface area contributed by atoms with Crippen LogP contribution in [0.25, 0.3) is 0 Å². The van der Waals surface area contributed by atoms with Gasteiger partial charge in [-0.1, -0.05) is 12.0 Å². The molecule has 11 heavy (non-hydrogen) atoms. The molecule has 2 N–H and O–H groups in total. The topological polar surface area (TPSA) is 40.5 Å². The largest absolute Gasteiger partial charge is 0.504 e. The smallest absolute Gasteiger partial charge is 0.173 e. The Kier molecular flexibility index (Phi) is 2.03. The second-order valence-electron chi connectivity index (χ2n) is 2.05. The molecule has 56 valence electrons. The van der Waals surface area contributed by atoms with E-state index in [9.17, 15) is 5.11 Å². The van der Waals surface area contributed by atoms with Crippen LogP contribution in [-0.4, -0.2) is 10.2 Å². The van der Waals surface area contributed by atoms with Gasteiger partial charge in [0.05, 0.1) is 5.56 Å². The van der Waals surface area contributed by atoms with Crippen LogP contribution in [-0.2, 0) is 0 Å². The number of aromatic hydroxyl groups is 2. The van der Waals surface area contributed by atoms with E-state index in [4.69, 9.17) is 5.11 Å². The average molecular weight is 148 g/mol. The molecule has 0 spiro atoms. The molecule has 1 aromatic rings. The Morgan fingerprint density at radius 2 is 2.00 bits per heavy atom. The third kappa shape index (κ3) is 1.44. The third-order valence-corrected chi connectivity index (χ3v) is 1.27. The molecule has 1 rings (SSSR count). The second-order valence-corrected chi connectivity index (χ2v) is 2.05. The molecule has 1 aromatic carbocycles. The summed E-state index contributed by atoms with van der Waals surface area (Å²) in [6.45, 7) is 1.67. The lowest BCUT2D eigenvalue weighted by atomic mass is 10.2. The minimum Gasteiger partial charge on any atom is -0.504 e. The summed E-state index contributed by atoms with van der Waals surface area (Å²) in [5, 5.41) is 18.2. The Morgan fingerprint density at radius 1 is 1.27 bits per heavy atom. The van der Waals surface area contributed by atoms with Crippen LogP contribution in [0.1, 0.15) is 12.5 Å². The first-order valence-electron chi connectivity index (χ1n) is 3.19. The van der Waals surface area contributed by atoms with Gasteiger partial charge in [-0.2, -0.15) is 0 Å². The summed E-state index contributed by atoms with van der Waals surface area (Å²) < 4.78 is 0. The van der Waals surface area contributed by atoms with Gasteiger partial charge in [0, 0.05) is 0 Å². The van der Waals surface area contributed by atoms with Gasteiger partial charge in [-0.05, 0) is 19.1 Å². The Balaban J connectivity index is 3.23. The van der Waals surface area contributed by atoms with Crippen molar-refractivity contribution in [1.82, 2.24) is 0 Å². The Bertz CT molecular complexity index is 318. The van der Waals surface area contributed by atoms with E-state index >= 15 is 0 Å². The predicted octanol–water partition coefficient (Wildman–Crippen LogP) is 1.47. The van der Waals surface area contributed by atoms with Crippen molar-refractivity contribution in [2.24, 2.45) is 0 Å². The molecule has 2 nitrogen and oxygen atoms in total. The Hall–Kier alpha value is -1.62. The monoisotopic (exact) mass is 148 g/mol. The van der Waals surface area contributed by atoms with E-state index in [0.29, 0.717) is 5.56 Å². The molecule has 0 aliphatic heterocycles. The Labute approximate surface area is 65.1 Å². The summed E-state index contributed by atoms with van der Waals surface area (Å²) in [6, 6.07) is 4.69.